The Balaban J connectivity index is 0.00000392. The van der Waals surface area contributed by atoms with Crippen molar-refractivity contribution in [3.8, 4) is 0 Å². The molecule has 0 aliphatic carbocycles. The van der Waals surface area contributed by atoms with Crippen LogP contribution in [0.5, 0.6) is 0 Å². The molecular weight excluding hydrogens is 469 g/mol. The second kappa shape index (κ2) is 12.4. The fourth-order valence-corrected chi connectivity index (χ4v) is 2.36. The molecule has 0 aliphatic rings. The highest BCUT2D eigenvalue weighted by Gasteiger charge is 2.15. The van der Waals surface area contributed by atoms with E-state index in [-0.39, 0.29) is 36.4 Å². The number of nitrogens with zero attached hydrogens (tertiary/aromatic N) is 1. The summed E-state index contributed by atoms with van der Waals surface area (Å²) in [6, 6.07) is 13.8. The minimum absolute atomic E-state index is 0. The van der Waals surface area contributed by atoms with E-state index in [1.165, 1.54) is 0 Å². The van der Waals surface area contributed by atoms with Crippen molar-refractivity contribution in [3.05, 3.63) is 60.1 Å². The van der Waals surface area contributed by atoms with Gasteiger partial charge in [-0.3, -0.25) is 4.79 Å². The smallest absolute Gasteiger partial charge is 0.308 e. The second-order valence-electron chi connectivity index (χ2n) is 7.17. The Morgan fingerprint density at radius 3 is 2.43 bits per heavy atom. The normalized spacial score (nSPS) is 11.5. The lowest BCUT2D eigenvalue weighted by atomic mass is 10.2. The van der Waals surface area contributed by atoms with Gasteiger partial charge in [0.25, 0.3) is 0 Å². The van der Waals surface area contributed by atoms with E-state index in [2.05, 4.69) is 15.6 Å². The monoisotopic (exact) mass is 499 g/mol. The van der Waals surface area contributed by atoms with Crippen LogP contribution in [0.15, 0.2) is 58.1 Å². The first-order chi connectivity index (χ1) is 12.9. The minimum atomic E-state index is -0.470. The molecule has 0 aliphatic heterocycles. The molecule has 0 fully saturated rings. The van der Waals surface area contributed by atoms with Gasteiger partial charge in [0, 0.05) is 19.5 Å². The SMILES string of the molecule is CC(C)(C)OC(=O)CCNC(=NCc1ccccc1)NCCc1ccco1.I. The quantitative estimate of drug-likeness (QED) is 0.249. The highest BCUT2D eigenvalue weighted by molar-refractivity contribution is 14.0. The maximum Gasteiger partial charge on any atom is 0.308 e. The Bertz CT molecular complexity index is 710. The summed E-state index contributed by atoms with van der Waals surface area (Å²) in [5, 5.41) is 6.47. The molecule has 1 heterocycles. The predicted octanol–water partition coefficient (Wildman–Crippen LogP) is 3.91. The molecule has 2 aromatic rings. The molecule has 7 heteroatoms. The molecule has 0 bridgehead atoms. The summed E-state index contributed by atoms with van der Waals surface area (Å²) in [4.78, 5) is 16.5. The van der Waals surface area contributed by atoms with Crippen molar-refractivity contribution in [1.82, 2.24) is 10.6 Å². The highest BCUT2D eigenvalue weighted by atomic mass is 127. The molecule has 1 aromatic carbocycles. The molecule has 1 aromatic heterocycles. The van der Waals surface area contributed by atoms with E-state index >= 15 is 0 Å². The Morgan fingerprint density at radius 1 is 1.07 bits per heavy atom. The maximum absolute atomic E-state index is 11.9. The molecule has 0 saturated carbocycles. The Labute approximate surface area is 184 Å². The number of hydrogen-bond acceptors (Lipinski definition) is 4. The van der Waals surface area contributed by atoms with Crippen molar-refractivity contribution in [3.63, 3.8) is 0 Å². The van der Waals surface area contributed by atoms with E-state index in [1.807, 2.05) is 63.2 Å². The molecule has 0 saturated heterocycles. The highest BCUT2D eigenvalue weighted by Crippen LogP contribution is 2.07. The Hall–Kier alpha value is -2.03. The van der Waals surface area contributed by atoms with Crippen LogP contribution in [-0.2, 0) is 22.5 Å². The summed E-state index contributed by atoms with van der Waals surface area (Å²) >= 11 is 0. The lowest BCUT2D eigenvalue weighted by Gasteiger charge is -2.19. The van der Waals surface area contributed by atoms with Crippen LogP contribution in [0.1, 0.15) is 38.5 Å². The van der Waals surface area contributed by atoms with Gasteiger partial charge in [-0.15, -0.1) is 24.0 Å². The van der Waals surface area contributed by atoms with Crippen molar-refractivity contribution >= 4 is 35.9 Å². The third-order valence-corrected chi connectivity index (χ3v) is 3.55. The molecule has 0 amide bonds. The van der Waals surface area contributed by atoms with Gasteiger partial charge in [0.2, 0.25) is 0 Å². The first-order valence-electron chi connectivity index (χ1n) is 9.23. The lowest BCUT2D eigenvalue weighted by molar-refractivity contribution is -0.154. The number of aliphatic imine (C=N–C) groups is 1. The number of guanidine groups is 1. The fraction of sp³-hybridized carbons (Fsp3) is 0.429. The predicted molar refractivity (Wildman–Crippen MR) is 122 cm³/mol. The summed E-state index contributed by atoms with van der Waals surface area (Å²) in [6.07, 6.45) is 2.70. The summed E-state index contributed by atoms with van der Waals surface area (Å²) < 4.78 is 10.7. The maximum atomic E-state index is 11.9. The summed E-state index contributed by atoms with van der Waals surface area (Å²) in [7, 11) is 0. The van der Waals surface area contributed by atoms with Gasteiger partial charge in [-0.25, -0.2) is 4.99 Å². The van der Waals surface area contributed by atoms with Crippen LogP contribution < -0.4 is 10.6 Å². The summed E-state index contributed by atoms with van der Waals surface area (Å²) in [5.41, 5.74) is 0.652. The van der Waals surface area contributed by atoms with Gasteiger partial charge < -0.3 is 19.8 Å². The number of furan rings is 1. The average molecular weight is 499 g/mol. The largest absolute Gasteiger partial charge is 0.469 e. The third kappa shape index (κ3) is 10.3. The van der Waals surface area contributed by atoms with E-state index in [9.17, 15) is 4.79 Å². The van der Waals surface area contributed by atoms with E-state index in [0.717, 1.165) is 17.7 Å². The first-order valence-corrected chi connectivity index (χ1v) is 9.23. The molecule has 2 rings (SSSR count). The number of halogens is 1. The third-order valence-electron chi connectivity index (χ3n) is 3.55. The molecule has 154 valence electrons. The number of carbonyl (C=O) groups is 1. The topological polar surface area (TPSA) is 75.9 Å². The number of esters is 1. The Morgan fingerprint density at radius 2 is 1.79 bits per heavy atom. The van der Waals surface area contributed by atoms with Gasteiger partial charge in [0.15, 0.2) is 5.96 Å². The molecule has 0 atom stereocenters. The van der Waals surface area contributed by atoms with Crippen LogP contribution in [-0.4, -0.2) is 30.6 Å². The second-order valence-corrected chi connectivity index (χ2v) is 7.17. The first kappa shape index (κ1) is 24.0. The lowest BCUT2D eigenvalue weighted by Crippen LogP contribution is -2.39. The zero-order chi connectivity index (χ0) is 19.5. The number of rotatable bonds is 8. The van der Waals surface area contributed by atoms with E-state index < -0.39 is 5.60 Å². The number of hydrogen-bond donors (Lipinski definition) is 2. The summed E-state index contributed by atoms with van der Waals surface area (Å²) in [6.45, 7) is 7.28. The Kier molecular flexibility index (Phi) is 10.7. The molecule has 0 spiro atoms. The van der Waals surface area contributed by atoms with E-state index in [0.29, 0.717) is 25.6 Å². The standard InChI is InChI=1S/C21H29N3O3.HI/c1-21(2,3)27-19(25)12-14-23-20(22-13-11-18-10-7-15-26-18)24-16-17-8-5-4-6-9-17;/h4-10,15H,11-14,16H2,1-3H3,(H2,22,23,24);1H. The van der Waals surface area contributed by atoms with Gasteiger partial charge in [0.1, 0.15) is 11.4 Å². The number of benzene rings is 1. The summed E-state index contributed by atoms with van der Waals surface area (Å²) in [5.74, 6) is 1.35. The molecule has 28 heavy (non-hydrogen) atoms. The van der Waals surface area contributed by atoms with Gasteiger partial charge in [-0.2, -0.15) is 0 Å². The molecule has 0 unspecified atom stereocenters. The van der Waals surface area contributed by atoms with Crippen LogP contribution in [0.3, 0.4) is 0 Å². The van der Waals surface area contributed by atoms with Crippen LogP contribution in [0.25, 0.3) is 0 Å². The van der Waals surface area contributed by atoms with Crippen LogP contribution in [0, 0.1) is 0 Å². The molecule has 0 radical (unpaired) electrons. The van der Waals surface area contributed by atoms with Gasteiger partial charge in [0.05, 0.1) is 19.2 Å². The van der Waals surface area contributed by atoms with E-state index in [4.69, 9.17) is 9.15 Å². The van der Waals surface area contributed by atoms with Crippen molar-refractivity contribution in [2.24, 2.45) is 4.99 Å². The average Bonchev–Trinajstić information content (AvgIpc) is 3.12. The van der Waals surface area contributed by atoms with Gasteiger partial charge >= 0.3 is 5.97 Å². The van der Waals surface area contributed by atoms with Gasteiger partial charge in [-0.05, 0) is 38.5 Å². The number of carbonyl (C=O) groups excluding carboxylic acids is 1. The molecule has 2 N–H and O–H groups in total. The van der Waals surface area contributed by atoms with Crippen molar-refractivity contribution in [1.29, 1.82) is 0 Å². The van der Waals surface area contributed by atoms with Gasteiger partial charge in [-0.1, -0.05) is 30.3 Å². The number of ether oxygens (including phenoxy) is 1. The van der Waals surface area contributed by atoms with Crippen molar-refractivity contribution < 1.29 is 13.9 Å². The van der Waals surface area contributed by atoms with Crippen LogP contribution >= 0.6 is 24.0 Å². The minimum Gasteiger partial charge on any atom is -0.469 e. The molecular formula is C21H30IN3O3. The number of nitrogens with one attached hydrogen (secondary N) is 2. The van der Waals surface area contributed by atoms with Crippen LogP contribution in [0.2, 0.25) is 0 Å². The van der Waals surface area contributed by atoms with Crippen LogP contribution in [0.4, 0.5) is 0 Å². The fourth-order valence-electron chi connectivity index (χ4n) is 2.36. The van der Waals surface area contributed by atoms with Crippen molar-refractivity contribution in [2.45, 2.75) is 45.8 Å². The zero-order valence-electron chi connectivity index (χ0n) is 16.7. The molecule has 6 nitrogen and oxygen atoms in total. The van der Waals surface area contributed by atoms with E-state index in [1.54, 1.807) is 6.26 Å². The zero-order valence-corrected chi connectivity index (χ0v) is 19.1. The van der Waals surface area contributed by atoms with Crippen molar-refractivity contribution in [2.75, 3.05) is 13.1 Å².